The molecule has 39 heavy (non-hydrogen) atoms. The molecule has 4 heterocycles. The number of nitrogens with one attached hydrogen (secondary N) is 1. The van der Waals surface area contributed by atoms with Crippen LogP contribution in [0.5, 0.6) is 0 Å². The Hall–Kier alpha value is -4.18. The number of carbonyl (C=O) groups is 1. The molecule has 0 aliphatic carbocycles. The molecule has 2 fully saturated rings. The smallest absolute Gasteiger partial charge is 0.326 e. The van der Waals surface area contributed by atoms with Gasteiger partial charge in [-0.05, 0) is 38.0 Å². The van der Waals surface area contributed by atoms with E-state index in [1.807, 2.05) is 53.7 Å². The van der Waals surface area contributed by atoms with E-state index in [0.29, 0.717) is 25.6 Å². The third-order valence-electron chi connectivity index (χ3n) is 7.86. The van der Waals surface area contributed by atoms with Crippen molar-refractivity contribution in [2.24, 2.45) is 0 Å². The number of hydrogen-bond donors (Lipinski definition) is 2. The van der Waals surface area contributed by atoms with E-state index in [9.17, 15) is 14.7 Å². The van der Waals surface area contributed by atoms with E-state index < -0.39 is 0 Å². The molecule has 10 nitrogen and oxygen atoms in total. The Bertz CT molecular complexity index is 1520. The van der Waals surface area contributed by atoms with Gasteiger partial charge in [-0.1, -0.05) is 30.3 Å². The van der Waals surface area contributed by atoms with Gasteiger partial charge in [0.1, 0.15) is 6.54 Å². The van der Waals surface area contributed by atoms with Crippen molar-refractivity contribution in [3.05, 3.63) is 71.4 Å². The predicted molar refractivity (Wildman–Crippen MR) is 151 cm³/mol. The van der Waals surface area contributed by atoms with Crippen LogP contribution in [0.4, 0.5) is 11.6 Å². The first kappa shape index (κ1) is 25.1. The Morgan fingerprint density at radius 3 is 2.46 bits per heavy atom. The Morgan fingerprint density at radius 2 is 1.69 bits per heavy atom. The van der Waals surface area contributed by atoms with Crippen molar-refractivity contribution in [2.75, 3.05) is 42.5 Å². The first-order chi connectivity index (χ1) is 19.0. The molecule has 4 aromatic rings. The zero-order valence-electron chi connectivity index (χ0n) is 22.0. The molecule has 0 saturated carbocycles. The molecule has 202 valence electrons. The molecular weight excluding hydrogens is 494 g/mol. The lowest BCUT2D eigenvalue weighted by Crippen LogP contribution is -2.55. The number of rotatable bonds is 5. The summed E-state index contributed by atoms with van der Waals surface area (Å²) >= 11 is 0. The summed E-state index contributed by atoms with van der Waals surface area (Å²) in [6.45, 7) is 5.52. The van der Waals surface area contributed by atoms with Crippen LogP contribution < -0.4 is 15.5 Å². The second-order valence-corrected chi connectivity index (χ2v) is 10.4. The molecule has 2 saturated heterocycles. The van der Waals surface area contributed by atoms with Gasteiger partial charge in [-0.2, -0.15) is 0 Å². The second-order valence-electron chi connectivity index (χ2n) is 10.4. The van der Waals surface area contributed by atoms with Gasteiger partial charge in [-0.15, -0.1) is 0 Å². The highest BCUT2D eigenvalue weighted by Gasteiger charge is 2.29. The van der Waals surface area contributed by atoms with E-state index in [1.54, 1.807) is 0 Å². The summed E-state index contributed by atoms with van der Waals surface area (Å²) < 4.78 is 1.52. The van der Waals surface area contributed by atoms with Crippen LogP contribution in [-0.2, 0) is 11.3 Å². The SMILES string of the molecule is CC1CN(c2ccccc2-c2cnc(N3CCC(O)CC3)nc2)CCN1C(=O)Cn1c(=O)[nH]c2ccccc21. The summed E-state index contributed by atoms with van der Waals surface area (Å²) in [5.41, 5.74) is 4.28. The summed E-state index contributed by atoms with van der Waals surface area (Å²) in [7, 11) is 0. The molecular formula is C29H33N7O3. The van der Waals surface area contributed by atoms with Gasteiger partial charge in [0.2, 0.25) is 11.9 Å². The monoisotopic (exact) mass is 527 g/mol. The Balaban J connectivity index is 1.16. The maximum atomic E-state index is 13.3. The molecule has 1 amide bonds. The molecule has 0 radical (unpaired) electrons. The minimum Gasteiger partial charge on any atom is -0.393 e. The largest absolute Gasteiger partial charge is 0.393 e. The van der Waals surface area contributed by atoms with E-state index >= 15 is 0 Å². The summed E-state index contributed by atoms with van der Waals surface area (Å²) in [5, 5.41) is 9.78. The normalized spacial score (nSPS) is 18.6. The number of aromatic amines is 1. The molecule has 2 N–H and O–H groups in total. The average Bonchev–Trinajstić information content (AvgIpc) is 3.28. The number of aromatic nitrogens is 4. The molecule has 10 heteroatoms. The fourth-order valence-electron chi connectivity index (χ4n) is 5.72. The van der Waals surface area contributed by atoms with Crippen molar-refractivity contribution in [1.82, 2.24) is 24.4 Å². The van der Waals surface area contributed by atoms with Crippen molar-refractivity contribution in [3.63, 3.8) is 0 Å². The average molecular weight is 528 g/mol. The quantitative estimate of drug-likeness (QED) is 0.410. The van der Waals surface area contributed by atoms with Crippen molar-refractivity contribution in [3.8, 4) is 11.1 Å². The van der Waals surface area contributed by atoms with Gasteiger partial charge in [-0.3, -0.25) is 9.36 Å². The second kappa shape index (κ2) is 10.5. The number of para-hydroxylation sites is 3. The Labute approximate surface area is 226 Å². The van der Waals surface area contributed by atoms with Gasteiger partial charge in [-0.25, -0.2) is 14.8 Å². The van der Waals surface area contributed by atoms with E-state index in [2.05, 4.69) is 43.8 Å². The molecule has 2 aromatic carbocycles. The molecule has 2 aliphatic rings. The number of hydrogen-bond acceptors (Lipinski definition) is 7. The topological polar surface area (TPSA) is 111 Å². The lowest BCUT2D eigenvalue weighted by atomic mass is 10.0. The number of H-pyrrole nitrogens is 1. The van der Waals surface area contributed by atoms with E-state index in [-0.39, 0.29) is 30.3 Å². The lowest BCUT2D eigenvalue weighted by molar-refractivity contribution is -0.134. The number of aliphatic hydroxyl groups is 1. The van der Waals surface area contributed by atoms with Crippen LogP contribution in [-0.4, -0.2) is 80.3 Å². The third kappa shape index (κ3) is 4.99. The maximum Gasteiger partial charge on any atom is 0.326 e. The lowest BCUT2D eigenvalue weighted by Gasteiger charge is -2.41. The maximum absolute atomic E-state index is 13.3. The minimum atomic E-state index is -0.268. The van der Waals surface area contributed by atoms with Gasteiger partial charge < -0.3 is 24.8 Å². The number of fused-ring (bicyclic) bond motifs is 1. The zero-order valence-corrected chi connectivity index (χ0v) is 22.0. The van der Waals surface area contributed by atoms with Crippen LogP contribution in [0.3, 0.4) is 0 Å². The standard InChI is InChI=1S/C29H33N7O3/c1-20-18-34(14-15-35(20)27(38)19-36-26-9-5-3-7-24(26)32-29(36)39)25-8-4-2-6-23(25)21-16-30-28(31-17-21)33-12-10-22(37)11-13-33/h2-9,16-17,20,22,37H,10-15,18-19H2,1H3,(H,32,39). The van der Waals surface area contributed by atoms with E-state index in [1.165, 1.54) is 4.57 Å². The molecule has 0 bridgehead atoms. The first-order valence-electron chi connectivity index (χ1n) is 13.5. The number of carbonyl (C=O) groups excluding carboxylic acids is 1. The fraction of sp³-hybridized carbons (Fsp3) is 0.379. The number of benzene rings is 2. The van der Waals surface area contributed by atoms with E-state index in [0.717, 1.165) is 53.8 Å². The molecule has 0 spiro atoms. The Morgan fingerprint density at radius 1 is 0.974 bits per heavy atom. The zero-order chi connectivity index (χ0) is 26.9. The van der Waals surface area contributed by atoms with Gasteiger partial charge in [0.05, 0.1) is 17.1 Å². The highest BCUT2D eigenvalue weighted by atomic mass is 16.3. The number of aliphatic hydroxyl groups excluding tert-OH is 1. The highest BCUT2D eigenvalue weighted by Crippen LogP contribution is 2.32. The summed E-state index contributed by atoms with van der Waals surface area (Å²) in [6.07, 6.45) is 4.97. The van der Waals surface area contributed by atoms with Crippen LogP contribution in [0.1, 0.15) is 19.8 Å². The van der Waals surface area contributed by atoms with Crippen molar-refractivity contribution < 1.29 is 9.90 Å². The van der Waals surface area contributed by atoms with Gasteiger partial charge in [0.25, 0.3) is 0 Å². The van der Waals surface area contributed by atoms with Crippen LogP contribution in [0.15, 0.2) is 65.7 Å². The van der Waals surface area contributed by atoms with E-state index in [4.69, 9.17) is 0 Å². The van der Waals surface area contributed by atoms with Gasteiger partial charge in [0, 0.05) is 68.0 Å². The minimum absolute atomic E-state index is 0.0173. The number of piperazine rings is 1. The predicted octanol–water partition coefficient (Wildman–Crippen LogP) is 2.48. The molecule has 1 unspecified atom stereocenters. The van der Waals surface area contributed by atoms with Crippen LogP contribution >= 0.6 is 0 Å². The number of imidazole rings is 1. The fourth-order valence-corrected chi connectivity index (χ4v) is 5.72. The molecule has 2 aliphatic heterocycles. The molecule has 2 aromatic heterocycles. The highest BCUT2D eigenvalue weighted by molar-refractivity contribution is 5.82. The number of nitrogens with zero attached hydrogens (tertiary/aromatic N) is 6. The third-order valence-corrected chi connectivity index (χ3v) is 7.86. The van der Waals surface area contributed by atoms with Crippen LogP contribution in [0, 0.1) is 0 Å². The van der Waals surface area contributed by atoms with Gasteiger partial charge >= 0.3 is 5.69 Å². The van der Waals surface area contributed by atoms with Gasteiger partial charge in [0.15, 0.2) is 0 Å². The molecule has 1 atom stereocenters. The summed E-state index contributed by atoms with van der Waals surface area (Å²) in [5.74, 6) is 0.634. The van der Waals surface area contributed by atoms with Crippen molar-refractivity contribution in [1.29, 1.82) is 0 Å². The molecule has 6 rings (SSSR count). The summed E-state index contributed by atoms with van der Waals surface area (Å²) in [4.78, 5) is 44.2. The number of anilines is 2. The Kier molecular flexibility index (Phi) is 6.78. The summed E-state index contributed by atoms with van der Waals surface area (Å²) in [6, 6.07) is 15.6. The first-order valence-corrected chi connectivity index (χ1v) is 13.5. The van der Waals surface area contributed by atoms with Crippen LogP contribution in [0.2, 0.25) is 0 Å². The van der Waals surface area contributed by atoms with Crippen molar-refractivity contribution >= 4 is 28.6 Å². The number of amides is 1. The van der Waals surface area contributed by atoms with Crippen molar-refractivity contribution in [2.45, 2.75) is 38.5 Å². The van der Waals surface area contributed by atoms with Crippen LogP contribution in [0.25, 0.3) is 22.2 Å². The number of piperidine rings is 1.